The average molecular weight is 523 g/mol. The van der Waals surface area contributed by atoms with Crippen molar-refractivity contribution in [3.05, 3.63) is 64.3 Å². The molecule has 0 bridgehead atoms. The normalized spacial score (nSPS) is 24.3. The molecule has 3 unspecified atom stereocenters. The zero-order chi connectivity index (χ0) is 25.3. The molecule has 12 heteroatoms. The Kier molecular flexibility index (Phi) is 7.70. The molecule has 2 N–H and O–H groups in total. The second kappa shape index (κ2) is 10.6. The summed E-state index contributed by atoms with van der Waals surface area (Å²) in [5, 5.41) is 38.8. The lowest BCUT2D eigenvalue weighted by atomic mass is 9.97. The average Bonchev–Trinajstić information content (AvgIpc) is 3.32. The predicted octanol–water partition coefficient (Wildman–Crippen LogP) is 3.48. The van der Waals surface area contributed by atoms with E-state index in [1.54, 1.807) is 18.2 Å². The SMILES string of the molecule is COC1C(n2cc(-c3cc(F)c(C)c(F)c3)nn2)[C@@H](O)C(CO)O[C@@H]1Sc1cc(Cl)ccc1C#N. The third kappa shape index (κ3) is 5.04. The van der Waals surface area contributed by atoms with Crippen LogP contribution in [-0.2, 0) is 9.47 Å². The summed E-state index contributed by atoms with van der Waals surface area (Å²) >= 11 is 7.26. The number of ether oxygens (including phenoxy) is 2. The zero-order valence-electron chi connectivity index (χ0n) is 18.6. The maximum atomic E-state index is 14.1. The van der Waals surface area contributed by atoms with Gasteiger partial charge in [0.15, 0.2) is 0 Å². The third-order valence-electron chi connectivity index (χ3n) is 5.80. The summed E-state index contributed by atoms with van der Waals surface area (Å²) in [7, 11) is 1.42. The summed E-state index contributed by atoms with van der Waals surface area (Å²) in [5.74, 6) is -1.44. The number of halogens is 3. The molecule has 1 fully saturated rings. The van der Waals surface area contributed by atoms with E-state index >= 15 is 0 Å². The van der Waals surface area contributed by atoms with Gasteiger partial charge in [0.2, 0.25) is 0 Å². The van der Waals surface area contributed by atoms with Crippen LogP contribution in [-0.4, -0.2) is 62.7 Å². The van der Waals surface area contributed by atoms with Gasteiger partial charge in [-0.15, -0.1) is 5.10 Å². The Labute approximate surface area is 209 Å². The van der Waals surface area contributed by atoms with Crippen molar-refractivity contribution in [3.63, 3.8) is 0 Å². The van der Waals surface area contributed by atoms with Gasteiger partial charge in [-0.25, -0.2) is 13.5 Å². The van der Waals surface area contributed by atoms with Crippen LogP contribution >= 0.6 is 23.4 Å². The molecule has 5 atom stereocenters. The van der Waals surface area contributed by atoms with Gasteiger partial charge in [-0.2, -0.15) is 5.26 Å². The molecular formula is C23H21ClF2N4O4S. The lowest BCUT2D eigenvalue weighted by Gasteiger charge is -2.43. The van der Waals surface area contributed by atoms with E-state index in [1.165, 1.54) is 24.9 Å². The van der Waals surface area contributed by atoms with Gasteiger partial charge >= 0.3 is 0 Å². The van der Waals surface area contributed by atoms with Gasteiger partial charge in [-0.1, -0.05) is 28.6 Å². The molecule has 0 aliphatic carbocycles. The molecule has 0 saturated carbocycles. The molecule has 0 spiro atoms. The molecule has 0 radical (unpaired) electrons. The number of hydrogen-bond donors (Lipinski definition) is 2. The molecule has 3 aromatic rings. The minimum Gasteiger partial charge on any atom is -0.394 e. The molecule has 1 aromatic heterocycles. The van der Waals surface area contributed by atoms with Crippen molar-refractivity contribution in [2.75, 3.05) is 13.7 Å². The number of thioether (sulfide) groups is 1. The fourth-order valence-corrected chi connectivity index (χ4v) is 5.40. The number of aliphatic hydroxyl groups excluding tert-OH is 2. The van der Waals surface area contributed by atoms with Crippen molar-refractivity contribution in [1.29, 1.82) is 5.26 Å². The van der Waals surface area contributed by atoms with Crippen molar-refractivity contribution in [3.8, 4) is 17.3 Å². The van der Waals surface area contributed by atoms with Crippen LogP contribution < -0.4 is 0 Å². The molecule has 35 heavy (non-hydrogen) atoms. The predicted molar refractivity (Wildman–Crippen MR) is 124 cm³/mol. The Hall–Kier alpha value is -2.59. The lowest BCUT2D eigenvalue weighted by Crippen LogP contribution is -2.55. The van der Waals surface area contributed by atoms with E-state index in [1.807, 2.05) is 0 Å². The maximum Gasteiger partial charge on any atom is 0.136 e. The van der Waals surface area contributed by atoms with Crippen LogP contribution in [0.3, 0.4) is 0 Å². The summed E-state index contributed by atoms with van der Waals surface area (Å²) in [5.41, 5.74) is -0.160. The standard InChI is InChI=1S/C23H21ClF2N4O4S/c1-11-15(25)5-13(6-16(11)26)17-9-30(29-28-17)20-21(32)18(10-31)34-23(22(20)33-2)35-19-7-14(24)4-3-12(19)8-27/h3-7,9,18,20-23,31-32H,10H2,1-2H3/t18?,20?,21-,22?,23+/m0/s1. The van der Waals surface area contributed by atoms with Crippen LogP contribution in [0.5, 0.6) is 0 Å². The van der Waals surface area contributed by atoms with E-state index in [4.69, 9.17) is 21.1 Å². The van der Waals surface area contributed by atoms with Crippen LogP contribution in [0.25, 0.3) is 11.3 Å². The first-order valence-electron chi connectivity index (χ1n) is 10.5. The Morgan fingerprint density at radius 2 is 2.00 bits per heavy atom. The molecule has 0 amide bonds. The van der Waals surface area contributed by atoms with E-state index in [9.17, 15) is 24.3 Å². The molecule has 2 heterocycles. The van der Waals surface area contributed by atoms with Crippen molar-refractivity contribution in [2.45, 2.75) is 41.6 Å². The fourth-order valence-electron chi connectivity index (χ4n) is 3.87. The van der Waals surface area contributed by atoms with Gasteiger partial charge in [-0.05, 0) is 37.3 Å². The summed E-state index contributed by atoms with van der Waals surface area (Å²) < 4.78 is 41.1. The lowest BCUT2D eigenvalue weighted by molar-refractivity contribution is -0.186. The summed E-state index contributed by atoms with van der Waals surface area (Å²) in [4.78, 5) is 0.531. The molecule has 1 saturated heterocycles. The van der Waals surface area contributed by atoms with E-state index in [-0.39, 0.29) is 16.8 Å². The van der Waals surface area contributed by atoms with Crippen LogP contribution in [0, 0.1) is 29.9 Å². The first-order valence-corrected chi connectivity index (χ1v) is 11.7. The molecule has 184 valence electrons. The number of rotatable bonds is 6. The summed E-state index contributed by atoms with van der Waals surface area (Å²) in [6.45, 7) is 0.832. The highest BCUT2D eigenvalue weighted by Crippen LogP contribution is 2.41. The Morgan fingerprint density at radius 3 is 2.63 bits per heavy atom. The highest BCUT2D eigenvalue weighted by molar-refractivity contribution is 7.99. The van der Waals surface area contributed by atoms with Gasteiger partial charge in [0.25, 0.3) is 0 Å². The van der Waals surface area contributed by atoms with Gasteiger partial charge in [0.1, 0.15) is 53.2 Å². The van der Waals surface area contributed by atoms with Crippen molar-refractivity contribution < 1.29 is 28.5 Å². The maximum absolute atomic E-state index is 14.1. The summed E-state index contributed by atoms with van der Waals surface area (Å²) in [6, 6.07) is 8.30. The van der Waals surface area contributed by atoms with Crippen LogP contribution in [0.1, 0.15) is 17.2 Å². The van der Waals surface area contributed by atoms with E-state index in [0.717, 1.165) is 23.9 Å². The van der Waals surface area contributed by atoms with Crippen molar-refractivity contribution >= 4 is 23.4 Å². The van der Waals surface area contributed by atoms with E-state index < -0.39 is 48.0 Å². The molecule has 4 rings (SSSR count). The minimum absolute atomic E-state index is 0.108. The first-order chi connectivity index (χ1) is 16.8. The smallest absolute Gasteiger partial charge is 0.136 e. The second-order valence-electron chi connectivity index (χ2n) is 7.93. The van der Waals surface area contributed by atoms with Gasteiger partial charge < -0.3 is 19.7 Å². The molecule has 1 aliphatic rings. The Bertz CT molecular complexity index is 1250. The largest absolute Gasteiger partial charge is 0.394 e. The number of benzene rings is 2. The monoisotopic (exact) mass is 522 g/mol. The van der Waals surface area contributed by atoms with Crippen molar-refractivity contribution in [1.82, 2.24) is 15.0 Å². The fraction of sp³-hybridized carbons (Fsp3) is 0.348. The molecule has 1 aliphatic heterocycles. The zero-order valence-corrected chi connectivity index (χ0v) is 20.2. The van der Waals surface area contributed by atoms with E-state index in [0.29, 0.717) is 15.5 Å². The number of aromatic nitrogens is 3. The highest BCUT2D eigenvalue weighted by atomic mass is 35.5. The minimum atomic E-state index is -1.25. The van der Waals surface area contributed by atoms with E-state index in [2.05, 4.69) is 16.4 Å². The summed E-state index contributed by atoms with van der Waals surface area (Å²) in [6.07, 6.45) is -1.64. The van der Waals surface area contributed by atoms with Crippen LogP contribution in [0.15, 0.2) is 41.4 Å². The number of methoxy groups -OCH3 is 1. The van der Waals surface area contributed by atoms with Gasteiger partial charge in [0.05, 0.1) is 18.4 Å². The number of aliphatic hydroxyl groups is 2. The van der Waals surface area contributed by atoms with Crippen LogP contribution in [0.4, 0.5) is 8.78 Å². The Balaban J connectivity index is 1.70. The van der Waals surface area contributed by atoms with Crippen molar-refractivity contribution in [2.24, 2.45) is 0 Å². The number of nitrogens with zero attached hydrogens (tertiary/aromatic N) is 4. The first kappa shape index (κ1) is 25.5. The third-order valence-corrected chi connectivity index (χ3v) is 7.23. The number of nitriles is 1. The second-order valence-corrected chi connectivity index (χ2v) is 9.50. The molecule has 2 aromatic carbocycles. The molecular weight excluding hydrogens is 502 g/mol. The van der Waals surface area contributed by atoms with Crippen LogP contribution in [0.2, 0.25) is 5.02 Å². The topological polar surface area (TPSA) is 113 Å². The molecule has 8 nitrogen and oxygen atoms in total. The number of hydrogen-bond acceptors (Lipinski definition) is 8. The van der Waals surface area contributed by atoms with Gasteiger partial charge in [-0.3, -0.25) is 0 Å². The quantitative estimate of drug-likeness (QED) is 0.506. The van der Waals surface area contributed by atoms with Gasteiger partial charge in [0, 0.05) is 28.2 Å². The highest BCUT2D eigenvalue weighted by Gasteiger charge is 2.47. The Morgan fingerprint density at radius 1 is 1.29 bits per heavy atom.